The van der Waals surface area contributed by atoms with Gasteiger partial charge in [-0.15, -0.1) is 0 Å². The van der Waals surface area contributed by atoms with Crippen LogP contribution in [-0.2, 0) is 5.41 Å². The zero-order valence-corrected chi connectivity index (χ0v) is 39.0. The molecule has 13 aromatic rings. The van der Waals surface area contributed by atoms with Crippen LogP contribution < -0.4 is 9.80 Å². The maximum Gasteiger partial charge on any atom is 0.0582 e. The van der Waals surface area contributed by atoms with E-state index >= 15 is 0 Å². The third kappa shape index (κ3) is 6.08. The lowest BCUT2D eigenvalue weighted by molar-refractivity contribution is 0.630. The van der Waals surface area contributed by atoms with Crippen LogP contribution in [0, 0.1) is 0 Å². The number of rotatable bonds is 7. The molecule has 0 saturated carbocycles. The summed E-state index contributed by atoms with van der Waals surface area (Å²) in [5.41, 5.74) is 15.0. The first-order valence-electron chi connectivity index (χ1n) is 24.3. The summed E-state index contributed by atoms with van der Waals surface area (Å²) >= 11 is 0. The number of hydrogen-bond acceptors (Lipinski definition) is 2. The highest BCUT2D eigenvalue weighted by atomic mass is 15.2. The van der Waals surface area contributed by atoms with Crippen LogP contribution in [0.4, 0.5) is 34.1 Å². The first kappa shape index (κ1) is 40.2. The summed E-state index contributed by atoms with van der Waals surface area (Å²) in [7, 11) is 0. The maximum absolute atomic E-state index is 2.51. The molecule has 14 rings (SSSR count). The van der Waals surface area contributed by atoms with Gasteiger partial charge in [0.05, 0.1) is 39.5 Å². The van der Waals surface area contributed by atoms with E-state index in [4.69, 9.17) is 0 Å². The average molecular weight is 894 g/mol. The average Bonchev–Trinajstić information content (AvgIpc) is 3.75. The van der Waals surface area contributed by atoms with Gasteiger partial charge in [-0.3, -0.25) is 0 Å². The summed E-state index contributed by atoms with van der Waals surface area (Å²) in [5.74, 6) is 0. The minimum atomic E-state index is -0.272. The van der Waals surface area contributed by atoms with Crippen molar-refractivity contribution in [1.29, 1.82) is 0 Å². The van der Waals surface area contributed by atoms with Crippen LogP contribution in [-0.4, -0.2) is 4.57 Å². The van der Waals surface area contributed by atoms with E-state index < -0.39 is 0 Å². The Morgan fingerprint density at radius 3 is 1.19 bits per heavy atom. The Bertz CT molecular complexity index is 3890. The molecule has 0 radical (unpaired) electrons. The van der Waals surface area contributed by atoms with Crippen molar-refractivity contribution >= 4 is 99.0 Å². The van der Waals surface area contributed by atoms with Gasteiger partial charge in [0, 0.05) is 49.1 Å². The van der Waals surface area contributed by atoms with Crippen LogP contribution in [0.5, 0.6) is 0 Å². The smallest absolute Gasteiger partial charge is 0.0582 e. The van der Waals surface area contributed by atoms with Gasteiger partial charge in [0.25, 0.3) is 0 Å². The van der Waals surface area contributed by atoms with Crippen LogP contribution in [0.1, 0.15) is 25.0 Å². The topological polar surface area (TPSA) is 11.4 Å². The SMILES string of the molecule is CC1(C)c2ccccc2-n2c3ccccc3c3cc(-c4cc(N(c5cccc6ccccc56)c5cccc6ccccc56)cc(N(c5cccc6ccccc56)c5cccc6ccccc56)c4)cc1c32. The van der Waals surface area contributed by atoms with E-state index in [-0.39, 0.29) is 5.41 Å². The van der Waals surface area contributed by atoms with Crippen molar-refractivity contribution in [2.45, 2.75) is 19.3 Å². The lowest BCUT2D eigenvalue weighted by Crippen LogP contribution is -2.26. The van der Waals surface area contributed by atoms with Crippen LogP contribution >= 0.6 is 0 Å². The molecule has 0 saturated heterocycles. The second-order valence-electron chi connectivity index (χ2n) is 19.3. The molecule has 1 aliphatic rings. The summed E-state index contributed by atoms with van der Waals surface area (Å²) < 4.78 is 2.51. The molecule has 0 amide bonds. The highest BCUT2D eigenvalue weighted by Crippen LogP contribution is 2.52. The van der Waals surface area contributed by atoms with Gasteiger partial charge < -0.3 is 14.4 Å². The molecule has 1 aromatic heterocycles. The molecule has 0 unspecified atom stereocenters. The Kier molecular flexibility index (Phi) is 8.93. The Labute approximate surface area is 407 Å². The first-order chi connectivity index (χ1) is 34.5. The van der Waals surface area contributed by atoms with Gasteiger partial charge in [0.2, 0.25) is 0 Å². The van der Waals surface area contributed by atoms with Crippen molar-refractivity contribution in [3.05, 3.63) is 260 Å². The van der Waals surface area contributed by atoms with Crippen LogP contribution in [0.2, 0.25) is 0 Å². The summed E-state index contributed by atoms with van der Waals surface area (Å²) in [6.07, 6.45) is 0. The van der Waals surface area contributed by atoms with E-state index in [1.807, 2.05) is 0 Å². The molecule has 0 N–H and O–H groups in total. The van der Waals surface area contributed by atoms with E-state index in [1.165, 1.54) is 87.3 Å². The number of benzene rings is 12. The Morgan fingerprint density at radius 2 is 0.700 bits per heavy atom. The van der Waals surface area contributed by atoms with Crippen molar-refractivity contribution in [3.63, 3.8) is 0 Å². The summed E-state index contributed by atoms with van der Waals surface area (Å²) in [6, 6.07) is 92.2. The molecular weight excluding hydrogens is 847 g/mol. The molecule has 2 heterocycles. The predicted molar refractivity (Wildman–Crippen MR) is 298 cm³/mol. The third-order valence-corrected chi connectivity index (χ3v) is 15.0. The van der Waals surface area contributed by atoms with Gasteiger partial charge in [-0.1, -0.05) is 196 Å². The van der Waals surface area contributed by atoms with E-state index in [9.17, 15) is 0 Å². The number of aromatic nitrogens is 1. The van der Waals surface area contributed by atoms with Gasteiger partial charge >= 0.3 is 0 Å². The zero-order valence-electron chi connectivity index (χ0n) is 39.0. The van der Waals surface area contributed by atoms with Gasteiger partial charge in [0.1, 0.15) is 0 Å². The minimum absolute atomic E-state index is 0.272. The molecule has 0 fully saturated rings. The van der Waals surface area contributed by atoms with Crippen LogP contribution in [0.3, 0.4) is 0 Å². The largest absolute Gasteiger partial charge is 0.309 e. The molecule has 0 bridgehead atoms. The van der Waals surface area contributed by atoms with Crippen molar-refractivity contribution in [3.8, 4) is 16.8 Å². The normalized spacial score (nSPS) is 12.8. The fraction of sp³-hybridized carbons (Fsp3) is 0.0448. The number of para-hydroxylation sites is 2. The second-order valence-corrected chi connectivity index (χ2v) is 19.3. The first-order valence-corrected chi connectivity index (χ1v) is 24.3. The van der Waals surface area contributed by atoms with Crippen molar-refractivity contribution < 1.29 is 0 Å². The lowest BCUT2D eigenvalue weighted by atomic mass is 9.74. The lowest BCUT2D eigenvalue weighted by Gasteiger charge is -2.35. The van der Waals surface area contributed by atoms with E-state index in [2.05, 4.69) is 277 Å². The molecule has 0 aliphatic carbocycles. The fourth-order valence-corrected chi connectivity index (χ4v) is 11.8. The van der Waals surface area contributed by atoms with Crippen molar-refractivity contribution in [2.75, 3.05) is 9.80 Å². The monoisotopic (exact) mass is 893 g/mol. The molecule has 12 aromatic carbocycles. The Hall–Kier alpha value is -8.92. The number of nitrogens with zero attached hydrogens (tertiary/aromatic N) is 3. The molecule has 0 spiro atoms. The van der Waals surface area contributed by atoms with Crippen molar-refractivity contribution in [2.24, 2.45) is 0 Å². The van der Waals surface area contributed by atoms with Gasteiger partial charge in [-0.05, 0) is 111 Å². The molecule has 1 aliphatic heterocycles. The van der Waals surface area contributed by atoms with E-state index in [0.717, 1.165) is 39.7 Å². The highest BCUT2D eigenvalue weighted by Gasteiger charge is 2.36. The van der Waals surface area contributed by atoms with Crippen molar-refractivity contribution in [1.82, 2.24) is 4.57 Å². The highest BCUT2D eigenvalue weighted by molar-refractivity contribution is 6.14. The van der Waals surface area contributed by atoms with Gasteiger partial charge in [-0.25, -0.2) is 0 Å². The summed E-state index contributed by atoms with van der Waals surface area (Å²) in [6.45, 7) is 4.80. The standard InChI is InChI=1S/C67H47N3/c1-67(2)58-32-12-14-34-65(58)70-64-33-13-11-31-56(64)57-41-49(42-59(67)66(57)70)48-39-50(68(60-35-15-23-44-19-3-7-27-52(44)60)61-36-16-24-45-20-4-8-28-53(45)61)43-51(40-48)69(62-37-17-25-46-21-5-9-29-54(46)62)63-38-18-26-47-22-6-10-30-55(47)63/h3-43H,1-2H3. The van der Waals surface area contributed by atoms with E-state index in [0.29, 0.717) is 0 Å². The molecule has 3 nitrogen and oxygen atoms in total. The van der Waals surface area contributed by atoms with Gasteiger partial charge in [0.15, 0.2) is 0 Å². The maximum atomic E-state index is 2.51. The van der Waals surface area contributed by atoms with E-state index in [1.54, 1.807) is 0 Å². The molecule has 0 atom stereocenters. The zero-order chi connectivity index (χ0) is 46.5. The summed E-state index contributed by atoms with van der Waals surface area (Å²) in [5, 5.41) is 12.0. The van der Waals surface area contributed by atoms with Crippen LogP contribution in [0.15, 0.2) is 249 Å². The molecule has 330 valence electrons. The van der Waals surface area contributed by atoms with Crippen LogP contribution in [0.25, 0.3) is 81.7 Å². The predicted octanol–water partition coefficient (Wildman–Crippen LogP) is 18.6. The van der Waals surface area contributed by atoms with Gasteiger partial charge in [-0.2, -0.15) is 0 Å². The number of fused-ring (bicyclic) bond motifs is 9. The number of hydrogen-bond donors (Lipinski definition) is 0. The number of anilines is 6. The Morgan fingerprint density at radius 1 is 0.314 bits per heavy atom. The molecule has 70 heavy (non-hydrogen) atoms. The molecular formula is C67H47N3. The fourth-order valence-electron chi connectivity index (χ4n) is 11.8. The minimum Gasteiger partial charge on any atom is -0.309 e. The third-order valence-electron chi connectivity index (χ3n) is 15.0. The molecule has 3 heteroatoms. The second kappa shape index (κ2) is 15.6. The Balaban J connectivity index is 1.13. The quantitative estimate of drug-likeness (QED) is 0.158. The summed E-state index contributed by atoms with van der Waals surface area (Å²) in [4.78, 5) is 5.02.